The van der Waals surface area contributed by atoms with Crippen molar-refractivity contribution in [2.45, 2.75) is 25.3 Å². The number of primary amides is 1. The van der Waals surface area contributed by atoms with Crippen molar-refractivity contribution in [2.24, 2.45) is 5.73 Å². The van der Waals surface area contributed by atoms with E-state index in [1.54, 1.807) is 7.11 Å². The van der Waals surface area contributed by atoms with Crippen molar-refractivity contribution in [2.75, 3.05) is 20.2 Å². The third-order valence-corrected chi connectivity index (χ3v) is 6.42. The first-order chi connectivity index (χ1) is 16.1. The van der Waals surface area contributed by atoms with E-state index in [0.29, 0.717) is 11.4 Å². The van der Waals surface area contributed by atoms with Crippen molar-refractivity contribution in [3.05, 3.63) is 77.9 Å². The molecule has 0 spiro atoms. The summed E-state index contributed by atoms with van der Waals surface area (Å²) < 4.78 is 5.23. The summed E-state index contributed by atoms with van der Waals surface area (Å²) in [7, 11) is 1.62. The van der Waals surface area contributed by atoms with Crippen LogP contribution in [0.15, 0.2) is 60.8 Å². The number of H-pyrrole nitrogens is 1. The standard InChI is InChI=1S/C26H27N5O2/c1-33-21-9-7-18(8-10-21)23-24(25(27)32)30-26(29-23)19-11-14-31(15-12-19)16-20-5-2-4-17-6-3-13-28-22(17)20/h2-10,13,19H,11-12,14-16H2,1H3,(H2,27,32)(H,29,30). The number of ether oxygens (including phenoxy) is 1. The molecule has 7 heteroatoms. The normalized spacial score (nSPS) is 15.1. The number of nitrogens with two attached hydrogens (primary N) is 1. The van der Waals surface area contributed by atoms with Crippen molar-refractivity contribution in [3.63, 3.8) is 0 Å². The lowest BCUT2D eigenvalue weighted by Gasteiger charge is -2.31. The Balaban J connectivity index is 1.31. The molecule has 3 heterocycles. The molecule has 0 bridgehead atoms. The lowest BCUT2D eigenvalue weighted by Crippen LogP contribution is -2.32. The van der Waals surface area contributed by atoms with Gasteiger partial charge in [0, 0.05) is 29.6 Å². The summed E-state index contributed by atoms with van der Waals surface area (Å²) in [5.74, 6) is 1.35. The highest BCUT2D eigenvalue weighted by molar-refractivity contribution is 5.97. The Hall–Kier alpha value is -3.71. The van der Waals surface area contributed by atoms with Gasteiger partial charge in [0.05, 0.1) is 12.6 Å². The highest BCUT2D eigenvalue weighted by atomic mass is 16.5. The number of carbonyl (C=O) groups is 1. The van der Waals surface area contributed by atoms with E-state index < -0.39 is 5.91 Å². The smallest absolute Gasteiger partial charge is 0.267 e. The number of imidazole rings is 1. The van der Waals surface area contributed by atoms with Crippen molar-refractivity contribution >= 4 is 16.8 Å². The summed E-state index contributed by atoms with van der Waals surface area (Å²) in [4.78, 5) is 27.2. The van der Waals surface area contributed by atoms with Gasteiger partial charge in [-0.2, -0.15) is 0 Å². The lowest BCUT2D eigenvalue weighted by molar-refractivity contribution is 0.0996. The SMILES string of the molecule is COc1ccc(-c2nc(C3CCN(Cc4cccc5cccnc45)CC3)[nH]c2C(N)=O)cc1. The van der Waals surface area contributed by atoms with Crippen LogP contribution >= 0.6 is 0 Å². The number of benzene rings is 2. The number of hydrogen-bond donors (Lipinski definition) is 2. The number of methoxy groups -OCH3 is 1. The number of aromatic nitrogens is 3. The minimum absolute atomic E-state index is 0.261. The van der Waals surface area contributed by atoms with E-state index in [9.17, 15) is 4.79 Å². The number of carbonyl (C=O) groups excluding carboxylic acids is 1. The number of para-hydroxylation sites is 1. The first kappa shape index (κ1) is 21.2. The molecule has 0 radical (unpaired) electrons. The quantitative estimate of drug-likeness (QED) is 0.469. The number of piperidine rings is 1. The molecule has 2 aromatic carbocycles. The Kier molecular flexibility index (Phi) is 5.79. The zero-order valence-electron chi connectivity index (χ0n) is 18.6. The molecule has 1 fully saturated rings. The Morgan fingerprint density at radius 1 is 1.12 bits per heavy atom. The average Bonchev–Trinajstić information content (AvgIpc) is 3.31. The minimum atomic E-state index is -0.500. The molecule has 0 aliphatic carbocycles. The second kappa shape index (κ2) is 9.03. The number of nitrogens with one attached hydrogen (secondary N) is 1. The average molecular weight is 442 g/mol. The van der Waals surface area contributed by atoms with Crippen LogP contribution in [0.4, 0.5) is 0 Å². The van der Waals surface area contributed by atoms with E-state index in [1.807, 2.05) is 36.5 Å². The summed E-state index contributed by atoms with van der Waals surface area (Å²) in [6.45, 7) is 2.79. The van der Waals surface area contributed by atoms with Gasteiger partial charge >= 0.3 is 0 Å². The van der Waals surface area contributed by atoms with Crippen LogP contribution in [0.1, 0.15) is 40.6 Å². The molecule has 1 aliphatic rings. The van der Waals surface area contributed by atoms with Crippen LogP contribution in [-0.2, 0) is 6.54 Å². The van der Waals surface area contributed by atoms with Gasteiger partial charge in [-0.25, -0.2) is 4.98 Å². The second-order valence-corrected chi connectivity index (χ2v) is 8.48. The van der Waals surface area contributed by atoms with Gasteiger partial charge in [-0.05, 0) is 61.8 Å². The number of amides is 1. The topological polar surface area (TPSA) is 97.1 Å². The molecule has 1 aliphatic heterocycles. The third-order valence-electron chi connectivity index (χ3n) is 6.42. The van der Waals surface area contributed by atoms with E-state index in [0.717, 1.165) is 55.1 Å². The van der Waals surface area contributed by atoms with Crippen LogP contribution in [0, 0.1) is 0 Å². The molecule has 3 N–H and O–H groups in total. The van der Waals surface area contributed by atoms with E-state index >= 15 is 0 Å². The maximum absolute atomic E-state index is 12.1. The van der Waals surface area contributed by atoms with Crippen molar-refractivity contribution in [1.29, 1.82) is 0 Å². The monoisotopic (exact) mass is 441 g/mol. The molecule has 2 aromatic heterocycles. The maximum atomic E-state index is 12.1. The highest BCUT2D eigenvalue weighted by Crippen LogP contribution is 2.31. The van der Waals surface area contributed by atoms with Crippen molar-refractivity contribution in [3.8, 4) is 17.0 Å². The molecule has 0 unspecified atom stereocenters. The van der Waals surface area contributed by atoms with Crippen LogP contribution < -0.4 is 10.5 Å². The Morgan fingerprint density at radius 2 is 1.88 bits per heavy atom. The van der Waals surface area contributed by atoms with Gasteiger partial charge in [0.2, 0.25) is 0 Å². The summed E-state index contributed by atoms with van der Waals surface area (Å²) in [5.41, 5.74) is 9.78. The zero-order valence-corrected chi connectivity index (χ0v) is 18.6. The summed E-state index contributed by atoms with van der Waals surface area (Å²) in [6, 6.07) is 17.9. The van der Waals surface area contributed by atoms with Crippen LogP contribution in [0.25, 0.3) is 22.2 Å². The van der Waals surface area contributed by atoms with Gasteiger partial charge in [0.1, 0.15) is 23.0 Å². The second-order valence-electron chi connectivity index (χ2n) is 8.48. The van der Waals surface area contributed by atoms with Crippen LogP contribution in [0.2, 0.25) is 0 Å². The molecule has 5 rings (SSSR count). The predicted molar refractivity (Wildman–Crippen MR) is 128 cm³/mol. The summed E-state index contributed by atoms with van der Waals surface area (Å²) >= 11 is 0. The molecule has 0 saturated carbocycles. The van der Waals surface area contributed by atoms with Crippen LogP contribution in [0.5, 0.6) is 5.75 Å². The van der Waals surface area contributed by atoms with Gasteiger partial charge in [0.25, 0.3) is 5.91 Å². The van der Waals surface area contributed by atoms with Crippen molar-refractivity contribution < 1.29 is 9.53 Å². The first-order valence-electron chi connectivity index (χ1n) is 11.2. The molecular weight excluding hydrogens is 414 g/mol. The predicted octanol–water partition coefficient (Wildman–Crippen LogP) is 4.11. The van der Waals surface area contributed by atoms with E-state index in [4.69, 9.17) is 15.5 Å². The summed E-state index contributed by atoms with van der Waals surface area (Å²) in [5, 5.41) is 1.17. The van der Waals surface area contributed by atoms with Crippen LogP contribution in [-0.4, -0.2) is 46.0 Å². The Bertz CT molecular complexity index is 1270. The van der Waals surface area contributed by atoms with Gasteiger partial charge in [-0.15, -0.1) is 0 Å². The molecule has 0 atom stereocenters. The molecule has 1 saturated heterocycles. The highest BCUT2D eigenvalue weighted by Gasteiger charge is 2.26. The first-order valence-corrected chi connectivity index (χ1v) is 11.2. The molecule has 33 heavy (non-hydrogen) atoms. The molecule has 1 amide bonds. The number of aromatic amines is 1. The fourth-order valence-corrected chi connectivity index (χ4v) is 4.62. The fourth-order valence-electron chi connectivity index (χ4n) is 4.62. The number of hydrogen-bond acceptors (Lipinski definition) is 5. The number of fused-ring (bicyclic) bond motifs is 1. The van der Waals surface area contributed by atoms with E-state index in [2.05, 4.69) is 39.1 Å². The van der Waals surface area contributed by atoms with Gasteiger partial charge in [-0.1, -0.05) is 24.3 Å². The molecular formula is C26H27N5O2. The Labute approximate surface area is 192 Å². The Morgan fingerprint density at radius 3 is 2.61 bits per heavy atom. The maximum Gasteiger partial charge on any atom is 0.267 e. The fraction of sp³-hybridized carbons (Fsp3) is 0.269. The number of rotatable bonds is 6. The number of nitrogens with zero attached hydrogens (tertiary/aromatic N) is 3. The van der Waals surface area contributed by atoms with Crippen LogP contribution in [0.3, 0.4) is 0 Å². The lowest BCUT2D eigenvalue weighted by atomic mass is 9.95. The van der Waals surface area contributed by atoms with E-state index in [-0.39, 0.29) is 5.92 Å². The summed E-state index contributed by atoms with van der Waals surface area (Å²) in [6.07, 6.45) is 3.78. The van der Waals surface area contributed by atoms with E-state index in [1.165, 1.54) is 10.9 Å². The molecule has 4 aromatic rings. The molecule has 7 nitrogen and oxygen atoms in total. The number of pyridine rings is 1. The van der Waals surface area contributed by atoms with Crippen molar-refractivity contribution in [1.82, 2.24) is 19.9 Å². The van der Waals surface area contributed by atoms with Gasteiger partial charge in [0.15, 0.2) is 0 Å². The minimum Gasteiger partial charge on any atom is -0.497 e. The zero-order chi connectivity index (χ0) is 22.8. The number of likely N-dealkylation sites (tertiary alicyclic amines) is 1. The largest absolute Gasteiger partial charge is 0.497 e. The molecule has 168 valence electrons. The van der Waals surface area contributed by atoms with Gasteiger partial charge in [-0.3, -0.25) is 14.7 Å². The third kappa shape index (κ3) is 4.32. The van der Waals surface area contributed by atoms with Gasteiger partial charge < -0.3 is 15.5 Å².